The molecule has 1 N–H and O–H groups in total. The van der Waals surface area contributed by atoms with Crippen molar-refractivity contribution in [1.29, 1.82) is 0 Å². The predicted molar refractivity (Wildman–Crippen MR) is 60.8 cm³/mol. The van der Waals surface area contributed by atoms with Crippen LogP contribution in [-0.2, 0) is 6.54 Å². The lowest BCUT2D eigenvalue weighted by Gasteiger charge is -2.21. The molecule has 0 aliphatic heterocycles. The summed E-state index contributed by atoms with van der Waals surface area (Å²) in [7, 11) is 0. The van der Waals surface area contributed by atoms with E-state index in [-0.39, 0.29) is 12.1 Å². The number of furan rings is 1. The molecule has 0 bridgehead atoms. The van der Waals surface area contributed by atoms with Gasteiger partial charge in [0, 0.05) is 12.1 Å². The van der Waals surface area contributed by atoms with Gasteiger partial charge in [-0.3, -0.25) is 5.32 Å². The Morgan fingerprint density at radius 1 is 1.11 bits per heavy atom. The molecule has 1 atom stereocenters. The first-order chi connectivity index (χ1) is 8.57. The van der Waals surface area contributed by atoms with Crippen LogP contribution in [0.3, 0.4) is 0 Å². The second kappa shape index (κ2) is 5.27. The Labute approximate surface area is 102 Å². The van der Waals surface area contributed by atoms with Crippen LogP contribution in [0.4, 0.5) is 13.2 Å². The van der Waals surface area contributed by atoms with Gasteiger partial charge in [-0.1, -0.05) is 30.3 Å². The minimum atomic E-state index is -4.33. The fourth-order valence-electron chi connectivity index (χ4n) is 1.68. The molecular weight excluding hydrogens is 243 g/mol. The van der Waals surface area contributed by atoms with Crippen LogP contribution in [-0.4, -0.2) is 6.18 Å². The maximum Gasteiger partial charge on any atom is 0.407 e. The number of halogens is 3. The molecule has 0 radical (unpaired) electrons. The molecule has 1 unspecified atom stereocenters. The molecule has 2 rings (SSSR count). The molecule has 1 aromatic heterocycles. The van der Waals surface area contributed by atoms with Crippen molar-refractivity contribution in [3.8, 4) is 0 Å². The van der Waals surface area contributed by atoms with Crippen LogP contribution >= 0.6 is 0 Å². The highest BCUT2D eigenvalue weighted by atomic mass is 19.4. The van der Waals surface area contributed by atoms with Gasteiger partial charge in [-0.25, -0.2) is 0 Å². The first-order valence-corrected chi connectivity index (χ1v) is 5.43. The zero-order valence-electron chi connectivity index (χ0n) is 9.45. The molecular formula is C13H12F3NO. The van der Waals surface area contributed by atoms with E-state index in [2.05, 4.69) is 5.32 Å². The SMILES string of the molecule is FC(F)(F)C(NCc1ccoc1)c1ccccc1. The van der Waals surface area contributed by atoms with Crippen LogP contribution in [0.5, 0.6) is 0 Å². The van der Waals surface area contributed by atoms with E-state index in [1.54, 1.807) is 24.3 Å². The van der Waals surface area contributed by atoms with Crippen molar-refractivity contribution < 1.29 is 17.6 Å². The molecule has 0 saturated heterocycles. The van der Waals surface area contributed by atoms with E-state index in [4.69, 9.17) is 4.42 Å². The zero-order chi connectivity index (χ0) is 13.0. The smallest absolute Gasteiger partial charge is 0.407 e. The molecule has 1 aromatic carbocycles. The average Bonchev–Trinajstić information content (AvgIpc) is 2.82. The average molecular weight is 255 g/mol. The Balaban J connectivity index is 2.12. The van der Waals surface area contributed by atoms with Crippen LogP contribution < -0.4 is 5.32 Å². The van der Waals surface area contributed by atoms with Crippen molar-refractivity contribution in [2.45, 2.75) is 18.8 Å². The quantitative estimate of drug-likeness (QED) is 0.901. The normalized spacial score (nSPS) is 13.5. The van der Waals surface area contributed by atoms with Crippen molar-refractivity contribution in [2.75, 3.05) is 0 Å². The topological polar surface area (TPSA) is 25.2 Å². The van der Waals surface area contributed by atoms with Crippen molar-refractivity contribution in [2.24, 2.45) is 0 Å². The third-order valence-electron chi connectivity index (χ3n) is 2.55. The van der Waals surface area contributed by atoms with Crippen molar-refractivity contribution in [3.05, 3.63) is 60.1 Å². The third-order valence-corrected chi connectivity index (χ3v) is 2.55. The largest absolute Gasteiger partial charge is 0.472 e. The molecule has 0 aliphatic rings. The van der Waals surface area contributed by atoms with Crippen LogP contribution in [0.25, 0.3) is 0 Å². The molecule has 0 fully saturated rings. The second-order valence-electron chi connectivity index (χ2n) is 3.90. The lowest BCUT2D eigenvalue weighted by Crippen LogP contribution is -2.33. The van der Waals surface area contributed by atoms with Crippen LogP contribution in [0.1, 0.15) is 17.2 Å². The minimum Gasteiger partial charge on any atom is -0.472 e. The highest BCUT2D eigenvalue weighted by Crippen LogP contribution is 2.32. The van der Waals surface area contributed by atoms with E-state index in [1.807, 2.05) is 0 Å². The van der Waals surface area contributed by atoms with E-state index in [9.17, 15) is 13.2 Å². The van der Waals surface area contributed by atoms with Gasteiger partial charge in [0.25, 0.3) is 0 Å². The summed E-state index contributed by atoms with van der Waals surface area (Å²) in [6.07, 6.45) is -1.47. The molecule has 1 heterocycles. The fraction of sp³-hybridized carbons (Fsp3) is 0.231. The van der Waals surface area contributed by atoms with Gasteiger partial charge in [0.15, 0.2) is 0 Å². The Morgan fingerprint density at radius 3 is 2.39 bits per heavy atom. The summed E-state index contributed by atoms with van der Waals surface area (Å²) in [4.78, 5) is 0. The molecule has 2 aromatic rings. The molecule has 96 valence electrons. The van der Waals surface area contributed by atoms with Crippen molar-refractivity contribution >= 4 is 0 Å². The van der Waals surface area contributed by atoms with Gasteiger partial charge in [0.05, 0.1) is 12.5 Å². The van der Waals surface area contributed by atoms with E-state index in [1.165, 1.54) is 24.7 Å². The van der Waals surface area contributed by atoms with E-state index in [0.717, 1.165) is 0 Å². The van der Waals surface area contributed by atoms with Gasteiger partial charge < -0.3 is 4.42 Å². The van der Waals surface area contributed by atoms with Gasteiger partial charge in [-0.05, 0) is 11.6 Å². The molecule has 0 spiro atoms. The van der Waals surface area contributed by atoms with E-state index in [0.29, 0.717) is 5.56 Å². The van der Waals surface area contributed by atoms with Crippen molar-refractivity contribution in [3.63, 3.8) is 0 Å². The fourth-order valence-corrected chi connectivity index (χ4v) is 1.68. The van der Waals surface area contributed by atoms with Crippen LogP contribution in [0, 0.1) is 0 Å². The van der Waals surface area contributed by atoms with Crippen LogP contribution in [0.15, 0.2) is 53.3 Å². The molecule has 0 aliphatic carbocycles. The lowest BCUT2D eigenvalue weighted by atomic mass is 10.1. The van der Waals surface area contributed by atoms with Crippen LogP contribution in [0.2, 0.25) is 0 Å². The van der Waals surface area contributed by atoms with Gasteiger partial charge in [0.2, 0.25) is 0 Å². The number of rotatable bonds is 4. The Kier molecular flexibility index (Phi) is 3.72. The zero-order valence-corrected chi connectivity index (χ0v) is 9.45. The lowest BCUT2D eigenvalue weighted by molar-refractivity contribution is -0.158. The first-order valence-electron chi connectivity index (χ1n) is 5.43. The number of hydrogen-bond donors (Lipinski definition) is 1. The summed E-state index contributed by atoms with van der Waals surface area (Å²) in [6, 6.07) is 7.74. The molecule has 0 amide bonds. The molecule has 18 heavy (non-hydrogen) atoms. The second-order valence-corrected chi connectivity index (χ2v) is 3.90. The van der Waals surface area contributed by atoms with Gasteiger partial charge in [0.1, 0.15) is 6.04 Å². The van der Waals surface area contributed by atoms with E-state index >= 15 is 0 Å². The van der Waals surface area contributed by atoms with Gasteiger partial charge >= 0.3 is 6.18 Å². The monoisotopic (exact) mass is 255 g/mol. The van der Waals surface area contributed by atoms with E-state index < -0.39 is 12.2 Å². The van der Waals surface area contributed by atoms with Gasteiger partial charge in [-0.15, -0.1) is 0 Å². The first kappa shape index (κ1) is 12.7. The summed E-state index contributed by atoms with van der Waals surface area (Å²) in [5.41, 5.74) is 0.883. The Morgan fingerprint density at radius 2 is 1.83 bits per heavy atom. The number of hydrogen-bond acceptors (Lipinski definition) is 2. The standard InChI is InChI=1S/C13H12F3NO/c14-13(15,16)12(11-4-2-1-3-5-11)17-8-10-6-7-18-9-10/h1-7,9,12,17H,8H2. The third kappa shape index (κ3) is 3.13. The highest BCUT2D eigenvalue weighted by molar-refractivity contribution is 5.20. The highest BCUT2D eigenvalue weighted by Gasteiger charge is 2.40. The molecule has 5 heteroatoms. The Bertz CT molecular complexity index is 465. The van der Waals surface area contributed by atoms with Gasteiger partial charge in [-0.2, -0.15) is 13.2 Å². The summed E-state index contributed by atoms with van der Waals surface area (Å²) in [5, 5.41) is 2.49. The Hall–Kier alpha value is -1.75. The summed E-state index contributed by atoms with van der Waals surface area (Å²) >= 11 is 0. The van der Waals surface area contributed by atoms with Crippen molar-refractivity contribution in [1.82, 2.24) is 5.32 Å². The summed E-state index contributed by atoms with van der Waals surface area (Å²) in [5.74, 6) is 0. The molecule has 2 nitrogen and oxygen atoms in total. The number of benzene rings is 1. The maximum atomic E-state index is 12.9. The maximum absolute atomic E-state index is 12.9. The minimum absolute atomic E-state index is 0.107. The predicted octanol–water partition coefficient (Wildman–Crippen LogP) is 3.67. The summed E-state index contributed by atoms with van der Waals surface area (Å²) in [6.45, 7) is 0.107. The number of alkyl halides is 3. The summed E-state index contributed by atoms with van der Waals surface area (Å²) < 4.78 is 43.7. The molecule has 0 saturated carbocycles. The number of nitrogens with one attached hydrogen (secondary N) is 1.